The van der Waals surface area contributed by atoms with Crippen LogP contribution >= 0.6 is 0 Å². The summed E-state index contributed by atoms with van der Waals surface area (Å²) in [6, 6.07) is 0.597. The van der Waals surface area contributed by atoms with Crippen molar-refractivity contribution in [3.05, 3.63) is 71.5 Å². The fraction of sp³-hybridized carbons (Fsp3) is 0.455. The van der Waals surface area contributed by atoms with Gasteiger partial charge in [0.25, 0.3) is 0 Å². The second-order valence-corrected chi connectivity index (χ2v) is 6.35. The number of hydrogen-bond acceptors (Lipinski definition) is 1. The molecule has 0 aromatic rings. The van der Waals surface area contributed by atoms with Crippen LogP contribution in [0.3, 0.4) is 0 Å². The van der Waals surface area contributed by atoms with Crippen LogP contribution in [0.1, 0.15) is 54.4 Å². The van der Waals surface area contributed by atoms with Crippen molar-refractivity contribution in [2.24, 2.45) is 0 Å². The molecule has 0 N–H and O–H groups in total. The van der Waals surface area contributed by atoms with Gasteiger partial charge in [0.1, 0.15) is 0 Å². The Hall–Kier alpha value is -1.76. The fourth-order valence-electron chi connectivity index (χ4n) is 2.26. The van der Waals surface area contributed by atoms with Gasteiger partial charge in [0.05, 0.1) is 0 Å². The molecule has 0 atom stereocenters. The van der Waals surface area contributed by atoms with Crippen molar-refractivity contribution >= 4 is 0 Å². The molecule has 0 aliphatic heterocycles. The molecular formula is C22H35N. The van der Waals surface area contributed by atoms with Gasteiger partial charge in [-0.1, -0.05) is 50.8 Å². The molecule has 1 nitrogen and oxygen atoms in total. The summed E-state index contributed by atoms with van der Waals surface area (Å²) in [6.45, 7) is 20.9. The molecule has 23 heavy (non-hydrogen) atoms. The van der Waals surface area contributed by atoms with E-state index < -0.39 is 0 Å². The molecule has 0 heterocycles. The van der Waals surface area contributed by atoms with Crippen molar-refractivity contribution in [1.82, 2.24) is 4.90 Å². The largest absolute Gasteiger partial charge is 0.377 e. The lowest BCUT2D eigenvalue weighted by Crippen LogP contribution is -2.25. The average Bonchev–Trinajstić information content (AvgIpc) is 2.50. The molecule has 1 heteroatoms. The Morgan fingerprint density at radius 2 is 1.48 bits per heavy atom. The number of rotatable bonds is 9. The molecule has 0 amide bonds. The fourth-order valence-corrected chi connectivity index (χ4v) is 2.26. The molecule has 0 fully saturated rings. The summed E-state index contributed by atoms with van der Waals surface area (Å²) in [4.78, 5) is 2.28. The van der Waals surface area contributed by atoms with Crippen molar-refractivity contribution in [3.8, 4) is 0 Å². The summed E-state index contributed by atoms with van der Waals surface area (Å²) in [5, 5.41) is 0. The van der Waals surface area contributed by atoms with E-state index in [1.807, 2.05) is 13.0 Å². The van der Waals surface area contributed by atoms with Gasteiger partial charge in [0.15, 0.2) is 0 Å². The Labute approximate surface area is 144 Å². The van der Waals surface area contributed by atoms with Crippen molar-refractivity contribution in [2.45, 2.75) is 60.4 Å². The first-order valence-corrected chi connectivity index (χ1v) is 8.51. The van der Waals surface area contributed by atoms with Gasteiger partial charge in [-0.05, 0) is 75.1 Å². The second kappa shape index (κ2) is 10.9. The van der Waals surface area contributed by atoms with E-state index in [0.717, 1.165) is 24.0 Å². The predicted molar refractivity (Wildman–Crippen MR) is 106 cm³/mol. The van der Waals surface area contributed by atoms with Gasteiger partial charge in [-0.15, -0.1) is 0 Å². The molecule has 0 rings (SSSR count). The third kappa shape index (κ3) is 8.44. The Morgan fingerprint density at radius 1 is 0.913 bits per heavy atom. The van der Waals surface area contributed by atoms with E-state index in [0.29, 0.717) is 6.04 Å². The molecule has 0 bridgehead atoms. The Balaban J connectivity index is 5.01. The smallest absolute Gasteiger partial charge is 0.0275 e. The lowest BCUT2D eigenvalue weighted by molar-refractivity contribution is 0.312. The normalized spacial score (nSPS) is 13.8. The zero-order valence-electron chi connectivity index (χ0n) is 16.2. The Morgan fingerprint density at radius 3 is 1.96 bits per heavy atom. The first-order chi connectivity index (χ1) is 10.7. The summed E-state index contributed by atoms with van der Waals surface area (Å²) in [6.07, 6.45) is 12.9. The van der Waals surface area contributed by atoms with Crippen molar-refractivity contribution in [2.75, 3.05) is 7.05 Å². The van der Waals surface area contributed by atoms with Gasteiger partial charge >= 0.3 is 0 Å². The minimum Gasteiger partial charge on any atom is -0.377 e. The van der Waals surface area contributed by atoms with Crippen LogP contribution in [-0.2, 0) is 0 Å². The van der Waals surface area contributed by atoms with Gasteiger partial charge in [-0.25, -0.2) is 0 Å². The van der Waals surface area contributed by atoms with Crippen LogP contribution in [0.5, 0.6) is 0 Å². The third-order valence-corrected chi connectivity index (χ3v) is 4.21. The number of hydrogen-bond donors (Lipinski definition) is 0. The highest BCUT2D eigenvalue weighted by Gasteiger charge is 2.05. The van der Waals surface area contributed by atoms with E-state index in [2.05, 4.69) is 84.2 Å². The van der Waals surface area contributed by atoms with E-state index in [1.165, 1.54) is 16.7 Å². The monoisotopic (exact) mass is 313 g/mol. The molecule has 0 saturated heterocycles. The van der Waals surface area contributed by atoms with Gasteiger partial charge in [0.2, 0.25) is 0 Å². The standard InChI is InChI=1S/C22H35N/c1-10-22(11-2)23(9)15-14-19(6)21(8)16-20(7)18(5)13-12-17(3)4/h12-16,22H,3,6,10-11H2,1-2,4-5,7-9H3/b13-12-,15-14-,20-18+,21-16+. The topological polar surface area (TPSA) is 3.24 Å². The molecule has 0 radical (unpaired) electrons. The summed E-state index contributed by atoms with van der Waals surface area (Å²) in [5.74, 6) is 0. The summed E-state index contributed by atoms with van der Waals surface area (Å²) in [5.41, 5.74) is 5.81. The van der Waals surface area contributed by atoms with Crippen molar-refractivity contribution in [3.63, 3.8) is 0 Å². The first-order valence-electron chi connectivity index (χ1n) is 8.51. The first kappa shape index (κ1) is 21.2. The maximum absolute atomic E-state index is 4.19. The van der Waals surface area contributed by atoms with Crippen molar-refractivity contribution < 1.29 is 0 Å². The maximum Gasteiger partial charge on any atom is 0.0275 e. The van der Waals surface area contributed by atoms with Crippen molar-refractivity contribution in [1.29, 1.82) is 0 Å². The van der Waals surface area contributed by atoms with Crippen LogP contribution < -0.4 is 0 Å². The Bertz CT molecular complexity index is 522. The van der Waals surface area contributed by atoms with Crippen LogP contribution in [0.4, 0.5) is 0 Å². The van der Waals surface area contributed by atoms with E-state index in [9.17, 15) is 0 Å². The van der Waals surface area contributed by atoms with Gasteiger partial charge < -0.3 is 4.90 Å². The molecule has 0 aliphatic rings. The molecule has 0 spiro atoms. The summed E-state index contributed by atoms with van der Waals surface area (Å²) in [7, 11) is 2.14. The minimum absolute atomic E-state index is 0.597. The minimum atomic E-state index is 0.597. The highest BCUT2D eigenvalue weighted by atomic mass is 15.1. The van der Waals surface area contributed by atoms with E-state index >= 15 is 0 Å². The maximum atomic E-state index is 4.19. The quantitative estimate of drug-likeness (QED) is 0.434. The highest BCUT2D eigenvalue weighted by molar-refractivity contribution is 5.42. The van der Waals surface area contributed by atoms with E-state index in [1.54, 1.807) is 0 Å². The highest BCUT2D eigenvalue weighted by Crippen LogP contribution is 2.16. The van der Waals surface area contributed by atoms with E-state index in [-0.39, 0.29) is 0 Å². The zero-order valence-corrected chi connectivity index (χ0v) is 16.2. The SMILES string of the molecule is C=C(C)\C=C/C(C)=C(C)/C=C(\C)C(=C)/C=C\N(C)C(CC)CC. The van der Waals surface area contributed by atoms with Crippen LogP contribution in [0, 0.1) is 0 Å². The predicted octanol–water partition coefficient (Wildman–Crippen LogP) is 6.59. The number of nitrogens with zero attached hydrogens (tertiary/aromatic N) is 1. The van der Waals surface area contributed by atoms with Gasteiger partial charge in [-0.2, -0.15) is 0 Å². The van der Waals surface area contributed by atoms with Crippen LogP contribution in [0.2, 0.25) is 0 Å². The molecule has 0 aromatic carbocycles. The summed E-state index contributed by atoms with van der Waals surface area (Å²) >= 11 is 0. The second-order valence-electron chi connectivity index (χ2n) is 6.35. The number of allylic oxidation sites excluding steroid dienone is 9. The lowest BCUT2D eigenvalue weighted by Gasteiger charge is -2.24. The van der Waals surface area contributed by atoms with Gasteiger partial charge in [-0.3, -0.25) is 0 Å². The van der Waals surface area contributed by atoms with Gasteiger partial charge in [0, 0.05) is 13.1 Å². The Kier molecular flexibility index (Phi) is 10.0. The zero-order chi connectivity index (χ0) is 18.0. The molecule has 0 unspecified atom stereocenters. The van der Waals surface area contributed by atoms with Crippen LogP contribution in [-0.4, -0.2) is 18.0 Å². The summed E-state index contributed by atoms with van der Waals surface area (Å²) < 4.78 is 0. The third-order valence-electron chi connectivity index (χ3n) is 4.21. The average molecular weight is 314 g/mol. The van der Waals surface area contributed by atoms with E-state index in [4.69, 9.17) is 0 Å². The lowest BCUT2D eigenvalue weighted by atomic mass is 10.0. The molecule has 0 saturated carbocycles. The van der Waals surface area contributed by atoms with Crippen LogP contribution in [0.25, 0.3) is 0 Å². The molecule has 0 aliphatic carbocycles. The van der Waals surface area contributed by atoms with Crippen LogP contribution in [0.15, 0.2) is 71.5 Å². The molecule has 128 valence electrons. The molecule has 0 aromatic heterocycles. The molecular weight excluding hydrogens is 278 g/mol.